The van der Waals surface area contributed by atoms with Gasteiger partial charge in [-0.05, 0) is 31.2 Å². The molecule has 1 rings (SSSR count). The summed E-state index contributed by atoms with van der Waals surface area (Å²) in [5.41, 5.74) is 2.59. The Labute approximate surface area is 139 Å². The highest BCUT2D eigenvalue weighted by Crippen LogP contribution is 2.14. The molecule has 1 unspecified atom stereocenters. The number of guanidine groups is 1. The molecule has 1 aromatic rings. The normalized spacial score (nSPS) is 12.6. The molecular weight excluding hydrogens is 290 g/mol. The fourth-order valence-corrected chi connectivity index (χ4v) is 2.19. The van der Waals surface area contributed by atoms with Crippen molar-refractivity contribution in [1.82, 2.24) is 10.6 Å². The Kier molecular flexibility index (Phi) is 8.80. The molecule has 23 heavy (non-hydrogen) atoms. The Balaban J connectivity index is 2.25. The lowest BCUT2D eigenvalue weighted by Gasteiger charge is -2.16. The average Bonchev–Trinajstić information content (AvgIpc) is 2.57. The standard InChI is InChI=1S/C18H29N3O2/c1-14-8-10-16(11-9-14)15(2)13-21-18(19-3)20-12-6-5-7-17(22)23-4/h8-11,15H,5-7,12-13H2,1-4H3,(H2,19,20,21). The van der Waals surface area contributed by atoms with Crippen LogP contribution in [0.4, 0.5) is 0 Å². The van der Waals surface area contributed by atoms with E-state index in [2.05, 4.69) is 58.5 Å². The number of nitrogens with one attached hydrogen (secondary N) is 2. The molecular formula is C18H29N3O2. The zero-order valence-electron chi connectivity index (χ0n) is 14.7. The Morgan fingerprint density at radius 3 is 2.52 bits per heavy atom. The summed E-state index contributed by atoms with van der Waals surface area (Å²) in [6.07, 6.45) is 2.19. The molecule has 1 aromatic carbocycles. The average molecular weight is 319 g/mol. The maximum absolute atomic E-state index is 11.0. The van der Waals surface area contributed by atoms with Gasteiger partial charge in [-0.25, -0.2) is 0 Å². The third kappa shape index (κ3) is 7.68. The number of hydrogen-bond acceptors (Lipinski definition) is 3. The van der Waals surface area contributed by atoms with Gasteiger partial charge in [0.1, 0.15) is 0 Å². The molecule has 0 aliphatic heterocycles. The van der Waals surface area contributed by atoms with Crippen LogP contribution >= 0.6 is 0 Å². The van der Waals surface area contributed by atoms with Crippen molar-refractivity contribution in [3.8, 4) is 0 Å². The number of ether oxygens (including phenoxy) is 1. The molecule has 2 N–H and O–H groups in total. The highest BCUT2D eigenvalue weighted by Gasteiger charge is 2.06. The van der Waals surface area contributed by atoms with Crippen molar-refractivity contribution in [3.05, 3.63) is 35.4 Å². The number of esters is 1. The van der Waals surface area contributed by atoms with Crippen molar-refractivity contribution in [3.63, 3.8) is 0 Å². The second kappa shape index (κ2) is 10.6. The predicted molar refractivity (Wildman–Crippen MR) is 94.8 cm³/mol. The molecule has 0 amide bonds. The lowest BCUT2D eigenvalue weighted by Crippen LogP contribution is -2.39. The first kappa shape index (κ1) is 19.0. The van der Waals surface area contributed by atoms with E-state index in [0.29, 0.717) is 12.3 Å². The molecule has 0 spiro atoms. The van der Waals surface area contributed by atoms with Crippen molar-refractivity contribution in [1.29, 1.82) is 0 Å². The SMILES string of the molecule is CN=C(NCCCCC(=O)OC)NCC(C)c1ccc(C)cc1. The largest absolute Gasteiger partial charge is 0.469 e. The molecule has 0 radical (unpaired) electrons. The van der Waals surface area contributed by atoms with Crippen molar-refractivity contribution < 1.29 is 9.53 Å². The van der Waals surface area contributed by atoms with Crippen LogP contribution in [0.1, 0.15) is 43.2 Å². The Bertz CT molecular complexity index is 497. The van der Waals surface area contributed by atoms with Gasteiger partial charge in [0.25, 0.3) is 0 Å². The number of rotatable bonds is 8. The fourth-order valence-electron chi connectivity index (χ4n) is 2.19. The first-order valence-electron chi connectivity index (χ1n) is 8.14. The predicted octanol–water partition coefficient (Wildman–Crippen LogP) is 2.61. The van der Waals surface area contributed by atoms with E-state index < -0.39 is 0 Å². The van der Waals surface area contributed by atoms with Gasteiger partial charge in [-0.3, -0.25) is 9.79 Å². The number of aryl methyl sites for hydroxylation is 1. The molecule has 128 valence electrons. The highest BCUT2D eigenvalue weighted by atomic mass is 16.5. The Hall–Kier alpha value is -2.04. The zero-order chi connectivity index (χ0) is 17.1. The second-order valence-electron chi connectivity index (χ2n) is 5.72. The van der Waals surface area contributed by atoms with E-state index in [9.17, 15) is 4.79 Å². The fraction of sp³-hybridized carbons (Fsp3) is 0.556. The summed E-state index contributed by atoms with van der Waals surface area (Å²) >= 11 is 0. The van der Waals surface area contributed by atoms with Crippen LogP contribution in [-0.4, -0.2) is 39.2 Å². The van der Waals surface area contributed by atoms with Crippen LogP contribution in [0.3, 0.4) is 0 Å². The summed E-state index contributed by atoms with van der Waals surface area (Å²) in [6.45, 7) is 5.90. The molecule has 0 saturated heterocycles. The molecule has 0 aliphatic rings. The van der Waals surface area contributed by atoms with Crippen LogP contribution in [0.2, 0.25) is 0 Å². The molecule has 0 fully saturated rings. The first-order chi connectivity index (χ1) is 11.1. The van der Waals surface area contributed by atoms with Gasteiger partial charge in [0.05, 0.1) is 7.11 Å². The van der Waals surface area contributed by atoms with Gasteiger partial charge in [0, 0.05) is 26.6 Å². The van der Waals surface area contributed by atoms with E-state index >= 15 is 0 Å². The van der Waals surface area contributed by atoms with Crippen molar-refractivity contribution in [2.24, 2.45) is 4.99 Å². The van der Waals surface area contributed by atoms with Gasteiger partial charge >= 0.3 is 5.97 Å². The number of unbranched alkanes of at least 4 members (excludes halogenated alkanes) is 1. The van der Waals surface area contributed by atoms with E-state index in [1.54, 1.807) is 7.05 Å². The third-order valence-corrected chi connectivity index (χ3v) is 3.77. The number of aliphatic imine (C=N–C) groups is 1. The maximum Gasteiger partial charge on any atom is 0.305 e. The van der Waals surface area contributed by atoms with Crippen LogP contribution in [0.15, 0.2) is 29.3 Å². The maximum atomic E-state index is 11.0. The lowest BCUT2D eigenvalue weighted by molar-refractivity contribution is -0.140. The first-order valence-corrected chi connectivity index (χ1v) is 8.14. The number of nitrogens with zero attached hydrogens (tertiary/aromatic N) is 1. The molecule has 1 atom stereocenters. The van der Waals surface area contributed by atoms with Crippen molar-refractivity contribution >= 4 is 11.9 Å². The Morgan fingerprint density at radius 1 is 1.22 bits per heavy atom. The number of carbonyl (C=O) groups is 1. The van der Waals surface area contributed by atoms with Crippen LogP contribution < -0.4 is 10.6 Å². The minimum absolute atomic E-state index is 0.153. The summed E-state index contributed by atoms with van der Waals surface area (Å²) in [7, 11) is 3.18. The van der Waals surface area contributed by atoms with Gasteiger partial charge in [0.2, 0.25) is 0 Å². The van der Waals surface area contributed by atoms with E-state index in [1.165, 1.54) is 18.2 Å². The minimum Gasteiger partial charge on any atom is -0.469 e. The van der Waals surface area contributed by atoms with E-state index in [4.69, 9.17) is 0 Å². The summed E-state index contributed by atoms with van der Waals surface area (Å²) in [5, 5.41) is 6.60. The number of benzene rings is 1. The van der Waals surface area contributed by atoms with Crippen LogP contribution in [0.5, 0.6) is 0 Å². The van der Waals surface area contributed by atoms with Gasteiger partial charge in [0.15, 0.2) is 5.96 Å². The topological polar surface area (TPSA) is 62.7 Å². The van der Waals surface area contributed by atoms with Crippen molar-refractivity contribution in [2.75, 3.05) is 27.2 Å². The molecule has 5 heteroatoms. The van der Waals surface area contributed by atoms with Gasteiger partial charge in [-0.15, -0.1) is 0 Å². The van der Waals surface area contributed by atoms with E-state index in [1.807, 2.05) is 0 Å². The molecule has 0 bridgehead atoms. The lowest BCUT2D eigenvalue weighted by atomic mass is 10.0. The monoisotopic (exact) mass is 319 g/mol. The number of carbonyl (C=O) groups excluding carboxylic acids is 1. The quantitative estimate of drug-likeness (QED) is 0.335. The second-order valence-corrected chi connectivity index (χ2v) is 5.72. The van der Waals surface area contributed by atoms with Crippen molar-refractivity contribution in [2.45, 2.75) is 39.0 Å². The Morgan fingerprint density at radius 2 is 1.91 bits per heavy atom. The summed E-state index contributed by atoms with van der Waals surface area (Å²) in [5.74, 6) is 1.05. The van der Waals surface area contributed by atoms with E-state index in [-0.39, 0.29) is 5.97 Å². The van der Waals surface area contributed by atoms with Crippen LogP contribution in [-0.2, 0) is 9.53 Å². The summed E-state index contributed by atoms with van der Waals surface area (Å²) in [4.78, 5) is 15.2. The van der Waals surface area contributed by atoms with E-state index in [0.717, 1.165) is 31.9 Å². The molecule has 0 aromatic heterocycles. The van der Waals surface area contributed by atoms with Crippen LogP contribution in [0, 0.1) is 6.92 Å². The number of hydrogen-bond donors (Lipinski definition) is 2. The molecule has 0 heterocycles. The van der Waals surface area contributed by atoms with Gasteiger partial charge in [-0.2, -0.15) is 0 Å². The van der Waals surface area contributed by atoms with Gasteiger partial charge in [-0.1, -0.05) is 36.8 Å². The highest BCUT2D eigenvalue weighted by molar-refractivity contribution is 5.79. The molecule has 5 nitrogen and oxygen atoms in total. The number of methoxy groups -OCH3 is 1. The summed E-state index contributed by atoms with van der Waals surface area (Å²) in [6, 6.07) is 8.62. The molecule has 0 aliphatic carbocycles. The third-order valence-electron chi connectivity index (χ3n) is 3.77. The zero-order valence-corrected chi connectivity index (χ0v) is 14.7. The smallest absolute Gasteiger partial charge is 0.305 e. The summed E-state index contributed by atoms with van der Waals surface area (Å²) < 4.78 is 4.62. The van der Waals surface area contributed by atoms with Gasteiger partial charge < -0.3 is 15.4 Å². The minimum atomic E-state index is -0.153. The van der Waals surface area contributed by atoms with Crippen LogP contribution in [0.25, 0.3) is 0 Å². The molecule has 0 saturated carbocycles.